The Kier molecular flexibility index (Phi) is 3.74. The van der Waals surface area contributed by atoms with Crippen LogP contribution in [0.15, 0.2) is 0 Å². The van der Waals surface area contributed by atoms with Crippen LogP contribution in [-0.2, 0) is 4.79 Å². The Hall–Kier alpha value is -1.26. The van der Waals surface area contributed by atoms with Crippen molar-refractivity contribution >= 4 is 12.0 Å². The third kappa shape index (κ3) is 3.19. The Morgan fingerprint density at radius 2 is 1.89 bits per heavy atom. The van der Waals surface area contributed by atoms with Crippen LogP contribution < -0.4 is 10.6 Å². The normalized spacial score (nSPS) is 24.5. The molecule has 0 bridgehead atoms. The first-order valence-corrected chi connectivity index (χ1v) is 7.15. The molecule has 0 spiro atoms. The van der Waals surface area contributed by atoms with Gasteiger partial charge >= 0.3 is 12.0 Å². The summed E-state index contributed by atoms with van der Waals surface area (Å²) in [4.78, 5) is 23.2. The Balaban J connectivity index is 1.84. The molecule has 0 aromatic rings. The van der Waals surface area contributed by atoms with Gasteiger partial charge in [0.15, 0.2) is 0 Å². The standard InChI is InChI=1S/C14H24N2O3/c1-13(7-3-4-8-13)9-15-12(19)16-14(2,11(17)18)10-5-6-10/h10H,3-9H2,1-2H3,(H,17,18)(H2,15,16,19). The van der Waals surface area contributed by atoms with Crippen molar-refractivity contribution in [2.45, 2.75) is 57.9 Å². The fourth-order valence-corrected chi connectivity index (χ4v) is 2.97. The molecule has 0 radical (unpaired) electrons. The first-order valence-electron chi connectivity index (χ1n) is 7.15. The highest BCUT2D eigenvalue weighted by Crippen LogP contribution is 2.40. The van der Waals surface area contributed by atoms with Gasteiger partial charge in [-0.05, 0) is 43.9 Å². The van der Waals surface area contributed by atoms with Gasteiger partial charge in [-0.3, -0.25) is 0 Å². The highest BCUT2D eigenvalue weighted by Gasteiger charge is 2.48. The lowest BCUT2D eigenvalue weighted by atomic mass is 9.89. The summed E-state index contributed by atoms with van der Waals surface area (Å²) in [6, 6.07) is -0.357. The molecule has 2 aliphatic rings. The minimum Gasteiger partial charge on any atom is -0.480 e. The van der Waals surface area contributed by atoms with Crippen LogP contribution in [0.2, 0.25) is 0 Å². The third-order valence-electron chi connectivity index (χ3n) is 4.70. The lowest BCUT2D eigenvalue weighted by Crippen LogP contribution is -2.57. The molecule has 2 saturated carbocycles. The van der Waals surface area contributed by atoms with E-state index in [9.17, 15) is 14.7 Å². The number of hydrogen-bond acceptors (Lipinski definition) is 2. The van der Waals surface area contributed by atoms with E-state index >= 15 is 0 Å². The fourth-order valence-electron chi connectivity index (χ4n) is 2.97. The molecule has 0 aromatic carbocycles. The molecular formula is C14H24N2O3. The Morgan fingerprint density at radius 1 is 1.32 bits per heavy atom. The smallest absolute Gasteiger partial charge is 0.329 e. The molecule has 0 aliphatic heterocycles. The average Bonchev–Trinajstić information content (AvgIpc) is 3.11. The molecule has 3 N–H and O–H groups in total. The molecule has 0 saturated heterocycles. The van der Waals surface area contributed by atoms with Crippen LogP contribution in [0, 0.1) is 11.3 Å². The molecule has 2 rings (SSSR count). The Bertz CT molecular complexity index is 373. The number of carboxylic acid groups (broad SMARTS) is 1. The van der Waals surface area contributed by atoms with Gasteiger partial charge in [0.05, 0.1) is 0 Å². The van der Waals surface area contributed by atoms with Gasteiger partial charge in [0.1, 0.15) is 5.54 Å². The molecule has 2 amide bonds. The summed E-state index contributed by atoms with van der Waals surface area (Å²) in [5.41, 5.74) is -0.947. The Morgan fingerprint density at radius 3 is 2.37 bits per heavy atom. The molecule has 5 nitrogen and oxygen atoms in total. The largest absolute Gasteiger partial charge is 0.480 e. The van der Waals surface area contributed by atoms with E-state index < -0.39 is 11.5 Å². The summed E-state index contributed by atoms with van der Waals surface area (Å²) in [7, 11) is 0. The van der Waals surface area contributed by atoms with Crippen molar-refractivity contribution in [2.75, 3.05) is 6.54 Å². The summed E-state index contributed by atoms with van der Waals surface area (Å²) in [6.07, 6.45) is 6.45. The van der Waals surface area contributed by atoms with E-state index in [-0.39, 0.29) is 17.4 Å². The molecule has 108 valence electrons. The van der Waals surface area contributed by atoms with E-state index in [1.54, 1.807) is 6.92 Å². The predicted molar refractivity (Wildman–Crippen MR) is 71.9 cm³/mol. The Labute approximate surface area is 114 Å². The molecule has 2 aliphatic carbocycles. The number of amides is 2. The number of urea groups is 1. The first-order chi connectivity index (χ1) is 8.86. The average molecular weight is 268 g/mol. The van der Waals surface area contributed by atoms with Crippen molar-refractivity contribution in [3.05, 3.63) is 0 Å². The van der Waals surface area contributed by atoms with E-state index in [0.717, 1.165) is 25.7 Å². The molecule has 1 unspecified atom stereocenters. The van der Waals surface area contributed by atoms with Crippen LogP contribution in [-0.4, -0.2) is 29.2 Å². The van der Waals surface area contributed by atoms with Crippen molar-refractivity contribution < 1.29 is 14.7 Å². The monoisotopic (exact) mass is 268 g/mol. The van der Waals surface area contributed by atoms with Crippen molar-refractivity contribution in [1.29, 1.82) is 0 Å². The van der Waals surface area contributed by atoms with Gasteiger partial charge in [0.25, 0.3) is 0 Å². The van der Waals surface area contributed by atoms with Crippen LogP contribution in [0.5, 0.6) is 0 Å². The number of aliphatic carboxylic acids is 1. The minimum atomic E-state index is -1.12. The maximum absolute atomic E-state index is 11.9. The predicted octanol–water partition coefficient (Wildman–Crippen LogP) is 2.12. The van der Waals surface area contributed by atoms with E-state index in [2.05, 4.69) is 17.6 Å². The van der Waals surface area contributed by atoms with E-state index in [1.807, 2.05) is 0 Å². The van der Waals surface area contributed by atoms with Crippen LogP contribution in [0.3, 0.4) is 0 Å². The third-order valence-corrected chi connectivity index (χ3v) is 4.70. The first kappa shape index (κ1) is 14.2. The van der Waals surface area contributed by atoms with Gasteiger partial charge in [-0.25, -0.2) is 9.59 Å². The number of hydrogen-bond donors (Lipinski definition) is 3. The van der Waals surface area contributed by atoms with Crippen molar-refractivity contribution in [2.24, 2.45) is 11.3 Å². The van der Waals surface area contributed by atoms with Crippen LogP contribution >= 0.6 is 0 Å². The number of carbonyl (C=O) groups excluding carboxylic acids is 1. The molecule has 19 heavy (non-hydrogen) atoms. The SMILES string of the molecule is CC1(CNC(=O)NC(C)(C(=O)O)C2CC2)CCCC1. The second-order valence-corrected chi connectivity index (χ2v) is 6.61. The summed E-state index contributed by atoms with van der Waals surface area (Å²) in [5, 5.41) is 14.8. The zero-order valence-electron chi connectivity index (χ0n) is 11.8. The van der Waals surface area contributed by atoms with Crippen molar-refractivity contribution in [3.8, 4) is 0 Å². The van der Waals surface area contributed by atoms with E-state index in [0.29, 0.717) is 6.54 Å². The molecular weight excluding hydrogens is 244 g/mol. The summed E-state index contributed by atoms with van der Waals surface area (Å²) >= 11 is 0. The topological polar surface area (TPSA) is 78.4 Å². The number of rotatable bonds is 5. The maximum Gasteiger partial charge on any atom is 0.329 e. The quantitative estimate of drug-likeness (QED) is 0.714. The molecule has 1 atom stereocenters. The van der Waals surface area contributed by atoms with Gasteiger partial charge in [0.2, 0.25) is 0 Å². The van der Waals surface area contributed by atoms with Gasteiger partial charge in [-0.2, -0.15) is 0 Å². The molecule has 0 aromatic heterocycles. The highest BCUT2D eigenvalue weighted by atomic mass is 16.4. The van der Waals surface area contributed by atoms with Crippen molar-refractivity contribution in [3.63, 3.8) is 0 Å². The second kappa shape index (κ2) is 5.02. The highest BCUT2D eigenvalue weighted by molar-refractivity contribution is 5.86. The molecule has 0 heterocycles. The van der Waals surface area contributed by atoms with E-state index in [1.165, 1.54) is 12.8 Å². The van der Waals surface area contributed by atoms with Gasteiger partial charge in [-0.15, -0.1) is 0 Å². The zero-order chi connectivity index (χ0) is 14.1. The van der Waals surface area contributed by atoms with Crippen LogP contribution in [0.25, 0.3) is 0 Å². The molecule has 2 fully saturated rings. The minimum absolute atomic E-state index is 0.0674. The lowest BCUT2D eigenvalue weighted by Gasteiger charge is -2.28. The fraction of sp³-hybridized carbons (Fsp3) is 0.857. The summed E-state index contributed by atoms with van der Waals surface area (Å²) < 4.78 is 0. The lowest BCUT2D eigenvalue weighted by molar-refractivity contribution is -0.144. The zero-order valence-corrected chi connectivity index (χ0v) is 11.8. The maximum atomic E-state index is 11.9. The van der Waals surface area contributed by atoms with Gasteiger partial charge < -0.3 is 15.7 Å². The van der Waals surface area contributed by atoms with Crippen molar-refractivity contribution in [1.82, 2.24) is 10.6 Å². The number of carbonyl (C=O) groups is 2. The summed E-state index contributed by atoms with van der Waals surface area (Å²) in [6.45, 7) is 4.40. The van der Waals surface area contributed by atoms with Crippen LogP contribution in [0.4, 0.5) is 4.79 Å². The van der Waals surface area contributed by atoms with Gasteiger partial charge in [-0.1, -0.05) is 19.8 Å². The number of nitrogens with one attached hydrogen (secondary N) is 2. The van der Waals surface area contributed by atoms with E-state index in [4.69, 9.17) is 0 Å². The number of carboxylic acids is 1. The van der Waals surface area contributed by atoms with Gasteiger partial charge in [0, 0.05) is 6.54 Å². The molecule has 5 heteroatoms. The van der Waals surface area contributed by atoms with Crippen LogP contribution in [0.1, 0.15) is 52.4 Å². The summed E-state index contributed by atoms with van der Waals surface area (Å²) in [5.74, 6) is -0.880. The second-order valence-electron chi connectivity index (χ2n) is 6.61.